The third-order valence-electron chi connectivity index (χ3n) is 4.25. The lowest BCUT2D eigenvalue weighted by Crippen LogP contribution is -2.20. The van der Waals surface area contributed by atoms with E-state index in [4.69, 9.17) is 4.74 Å². The number of ether oxygens (including phenoxy) is 1. The van der Waals surface area contributed by atoms with Crippen molar-refractivity contribution in [3.05, 3.63) is 95.1 Å². The van der Waals surface area contributed by atoms with Crippen LogP contribution in [0, 0.1) is 13.8 Å². The van der Waals surface area contributed by atoms with Gasteiger partial charge in [-0.05, 0) is 73.5 Å². The molecule has 0 aliphatic heterocycles. The fraction of sp³-hybridized carbons (Fsp3) is 0.125. The van der Waals surface area contributed by atoms with Crippen molar-refractivity contribution >= 4 is 23.7 Å². The largest absolute Gasteiger partial charge is 0.484 e. The molecule has 3 aromatic rings. The van der Waals surface area contributed by atoms with Crippen LogP contribution in [0.2, 0.25) is 0 Å². The second-order valence-electron chi connectivity index (χ2n) is 6.84. The van der Waals surface area contributed by atoms with Crippen LogP contribution in [0.3, 0.4) is 0 Å². The highest BCUT2D eigenvalue weighted by atomic mass is 16.5. The van der Waals surface area contributed by atoms with Gasteiger partial charge in [0.2, 0.25) is 0 Å². The predicted molar refractivity (Wildman–Crippen MR) is 118 cm³/mol. The van der Waals surface area contributed by atoms with E-state index < -0.39 is 0 Å². The molecule has 0 radical (unpaired) electrons. The van der Waals surface area contributed by atoms with Crippen LogP contribution in [0.4, 0.5) is 5.69 Å². The van der Waals surface area contributed by atoms with E-state index in [1.54, 1.807) is 42.6 Å². The standard InChI is InChI=1S/C24H23N3O3/c1-17-6-10-20(11-7-17)24(29)27-25-15-19-8-12-22(13-9-19)30-16-23(28)26-21-5-3-4-18(2)14-21/h3-15H,16H2,1-2H3,(H,26,28)(H,27,29)/b25-15-. The summed E-state index contributed by atoms with van der Waals surface area (Å²) in [5.74, 6) is 0.0612. The second kappa shape index (κ2) is 10.0. The summed E-state index contributed by atoms with van der Waals surface area (Å²) in [6, 6.07) is 21.9. The number of rotatable bonds is 7. The minimum Gasteiger partial charge on any atom is -0.484 e. The molecule has 0 aromatic heterocycles. The molecule has 3 aromatic carbocycles. The van der Waals surface area contributed by atoms with Crippen molar-refractivity contribution in [1.29, 1.82) is 0 Å². The van der Waals surface area contributed by atoms with E-state index in [1.165, 1.54) is 0 Å². The first-order valence-corrected chi connectivity index (χ1v) is 9.49. The zero-order chi connectivity index (χ0) is 21.3. The normalized spacial score (nSPS) is 10.6. The Morgan fingerprint density at radius 1 is 0.933 bits per heavy atom. The Morgan fingerprint density at radius 2 is 1.67 bits per heavy atom. The lowest BCUT2D eigenvalue weighted by molar-refractivity contribution is -0.118. The Hall–Kier alpha value is -3.93. The van der Waals surface area contributed by atoms with Gasteiger partial charge < -0.3 is 10.1 Å². The van der Waals surface area contributed by atoms with Crippen molar-refractivity contribution in [3.63, 3.8) is 0 Å². The summed E-state index contributed by atoms with van der Waals surface area (Å²) in [7, 11) is 0. The van der Waals surface area contributed by atoms with E-state index in [9.17, 15) is 9.59 Å². The summed E-state index contributed by atoms with van der Waals surface area (Å²) >= 11 is 0. The van der Waals surface area contributed by atoms with Gasteiger partial charge in [0, 0.05) is 11.3 Å². The zero-order valence-electron chi connectivity index (χ0n) is 16.9. The summed E-state index contributed by atoms with van der Waals surface area (Å²) < 4.78 is 5.51. The fourth-order valence-corrected chi connectivity index (χ4v) is 2.65. The minimum absolute atomic E-state index is 0.0893. The number of hydrazone groups is 1. The Morgan fingerprint density at radius 3 is 2.37 bits per heavy atom. The van der Waals surface area contributed by atoms with Crippen LogP contribution < -0.4 is 15.5 Å². The Bertz CT molecular complexity index is 1040. The van der Waals surface area contributed by atoms with Crippen molar-refractivity contribution in [3.8, 4) is 5.75 Å². The van der Waals surface area contributed by atoms with Gasteiger partial charge in [-0.1, -0.05) is 29.8 Å². The second-order valence-corrected chi connectivity index (χ2v) is 6.84. The first-order valence-electron chi connectivity index (χ1n) is 9.49. The van der Waals surface area contributed by atoms with Crippen LogP contribution in [-0.2, 0) is 4.79 Å². The zero-order valence-corrected chi connectivity index (χ0v) is 16.9. The summed E-state index contributed by atoms with van der Waals surface area (Å²) in [6.45, 7) is 3.84. The molecule has 6 heteroatoms. The van der Waals surface area contributed by atoms with E-state index in [1.807, 2.05) is 50.2 Å². The van der Waals surface area contributed by atoms with Gasteiger partial charge in [0.05, 0.1) is 6.21 Å². The molecule has 0 spiro atoms. The molecule has 0 aliphatic rings. The van der Waals surface area contributed by atoms with E-state index in [2.05, 4.69) is 15.8 Å². The van der Waals surface area contributed by atoms with Crippen molar-refractivity contribution in [2.45, 2.75) is 13.8 Å². The number of benzene rings is 3. The quantitative estimate of drug-likeness (QED) is 0.462. The van der Waals surface area contributed by atoms with E-state index in [0.29, 0.717) is 11.3 Å². The molecule has 6 nitrogen and oxygen atoms in total. The molecule has 0 atom stereocenters. The lowest BCUT2D eigenvalue weighted by atomic mass is 10.1. The predicted octanol–water partition coefficient (Wildman–Crippen LogP) is 4.08. The van der Waals surface area contributed by atoms with Gasteiger partial charge in [0.25, 0.3) is 11.8 Å². The average Bonchev–Trinajstić information content (AvgIpc) is 2.73. The van der Waals surface area contributed by atoms with Crippen LogP contribution in [0.5, 0.6) is 5.75 Å². The number of anilines is 1. The van der Waals surface area contributed by atoms with Gasteiger partial charge >= 0.3 is 0 Å². The number of hydrogen-bond acceptors (Lipinski definition) is 4. The summed E-state index contributed by atoms with van der Waals surface area (Å²) in [5.41, 5.74) is 6.73. The number of nitrogens with one attached hydrogen (secondary N) is 2. The van der Waals surface area contributed by atoms with Crippen LogP contribution in [0.25, 0.3) is 0 Å². The molecule has 0 saturated heterocycles. The maximum absolute atomic E-state index is 12.0. The summed E-state index contributed by atoms with van der Waals surface area (Å²) in [5, 5.41) is 6.76. The fourth-order valence-electron chi connectivity index (χ4n) is 2.65. The molecule has 0 heterocycles. The molecule has 0 aliphatic carbocycles. The maximum atomic E-state index is 12.0. The minimum atomic E-state index is -0.272. The molecule has 0 fully saturated rings. The number of aryl methyl sites for hydroxylation is 2. The third kappa shape index (κ3) is 6.31. The van der Waals surface area contributed by atoms with Gasteiger partial charge in [0.1, 0.15) is 5.75 Å². The number of nitrogens with zero attached hydrogens (tertiary/aromatic N) is 1. The molecular formula is C24H23N3O3. The van der Waals surface area contributed by atoms with Gasteiger partial charge in [-0.25, -0.2) is 5.43 Å². The van der Waals surface area contributed by atoms with Crippen molar-refractivity contribution in [2.24, 2.45) is 5.10 Å². The Labute approximate surface area is 175 Å². The lowest BCUT2D eigenvalue weighted by Gasteiger charge is -2.08. The number of carbonyl (C=O) groups excluding carboxylic acids is 2. The van der Waals surface area contributed by atoms with Gasteiger partial charge in [-0.2, -0.15) is 5.10 Å². The molecule has 0 saturated carbocycles. The van der Waals surface area contributed by atoms with Crippen LogP contribution in [0.15, 0.2) is 77.9 Å². The van der Waals surface area contributed by atoms with Gasteiger partial charge in [-0.15, -0.1) is 0 Å². The SMILES string of the molecule is Cc1ccc(C(=O)N/N=C\c2ccc(OCC(=O)Nc3cccc(C)c3)cc2)cc1. The Balaban J connectivity index is 1.46. The van der Waals surface area contributed by atoms with Crippen LogP contribution in [-0.4, -0.2) is 24.6 Å². The maximum Gasteiger partial charge on any atom is 0.271 e. The highest BCUT2D eigenvalue weighted by Gasteiger charge is 2.05. The van der Waals surface area contributed by atoms with Crippen molar-refractivity contribution in [2.75, 3.05) is 11.9 Å². The molecule has 3 rings (SSSR count). The van der Waals surface area contributed by atoms with E-state index in [0.717, 1.165) is 22.4 Å². The van der Waals surface area contributed by atoms with E-state index >= 15 is 0 Å². The first kappa shape index (κ1) is 20.8. The number of hydrogen-bond donors (Lipinski definition) is 2. The summed E-state index contributed by atoms with van der Waals surface area (Å²) in [6.07, 6.45) is 1.54. The number of carbonyl (C=O) groups is 2. The molecule has 0 bridgehead atoms. The highest BCUT2D eigenvalue weighted by Crippen LogP contribution is 2.12. The molecule has 0 unspecified atom stereocenters. The van der Waals surface area contributed by atoms with E-state index in [-0.39, 0.29) is 18.4 Å². The van der Waals surface area contributed by atoms with Gasteiger partial charge in [0.15, 0.2) is 6.61 Å². The molecule has 2 N–H and O–H groups in total. The molecule has 2 amide bonds. The molecular weight excluding hydrogens is 378 g/mol. The molecule has 30 heavy (non-hydrogen) atoms. The number of amides is 2. The molecule has 152 valence electrons. The van der Waals surface area contributed by atoms with Crippen LogP contribution in [0.1, 0.15) is 27.0 Å². The highest BCUT2D eigenvalue weighted by molar-refractivity contribution is 5.95. The first-order chi connectivity index (χ1) is 14.5. The van der Waals surface area contributed by atoms with Gasteiger partial charge in [-0.3, -0.25) is 9.59 Å². The average molecular weight is 401 g/mol. The monoisotopic (exact) mass is 401 g/mol. The van der Waals surface area contributed by atoms with Crippen molar-refractivity contribution < 1.29 is 14.3 Å². The van der Waals surface area contributed by atoms with Crippen molar-refractivity contribution in [1.82, 2.24) is 5.43 Å². The summed E-state index contributed by atoms with van der Waals surface area (Å²) in [4.78, 5) is 24.0. The Kier molecular flexibility index (Phi) is 6.95. The third-order valence-corrected chi connectivity index (χ3v) is 4.25. The topological polar surface area (TPSA) is 79.8 Å². The van der Waals surface area contributed by atoms with Crippen LogP contribution >= 0.6 is 0 Å². The smallest absolute Gasteiger partial charge is 0.271 e.